The fraction of sp³-hybridized carbons (Fsp3) is 0.533. The van der Waals surface area contributed by atoms with Crippen LogP contribution in [0, 0.1) is 6.92 Å². The number of halogens is 3. The van der Waals surface area contributed by atoms with Crippen LogP contribution in [0.15, 0.2) is 22.7 Å². The molecule has 0 aliphatic carbocycles. The fourth-order valence-corrected chi connectivity index (χ4v) is 2.69. The van der Waals surface area contributed by atoms with E-state index in [0.29, 0.717) is 30.7 Å². The molecule has 0 aromatic carbocycles. The lowest BCUT2D eigenvalue weighted by atomic mass is 10.2. The Balaban J connectivity index is 1.60. The van der Waals surface area contributed by atoms with Crippen LogP contribution in [0.4, 0.5) is 19.0 Å². The summed E-state index contributed by atoms with van der Waals surface area (Å²) in [6.07, 6.45) is -2.58. The van der Waals surface area contributed by atoms with Gasteiger partial charge in [-0.2, -0.15) is 13.2 Å². The molecule has 0 saturated carbocycles. The van der Waals surface area contributed by atoms with Gasteiger partial charge in [-0.1, -0.05) is 0 Å². The smallest absolute Gasteiger partial charge is 0.417 e. The highest BCUT2D eigenvalue weighted by molar-refractivity contribution is 5.40. The summed E-state index contributed by atoms with van der Waals surface area (Å²) in [4.78, 5) is 8.16. The van der Waals surface area contributed by atoms with Gasteiger partial charge in [0.25, 0.3) is 0 Å². The molecule has 1 aliphatic heterocycles. The van der Waals surface area contributed by atoms with E-state index < -0.39 is 11.7 Å². The van der Waals surface area contributed by atoms with Gasteiger partial charge in [-0.25, -0.2) is 4.98 Å². The summed E-state index contributed by atoms with van der Waals surface area (Å²) >= 11 is 0. The minimum Gasteiger partial charge on any atom is -0.424 e. The van der Waals surface area contributed by atoms with Crippen LogP contribution in [-0.4, -0.2) is 46.3 Å². The molecule has 3 rings (SSSR count). The van der Waals surface area contributed by atoms with E-state index in [0.717, 1.165) is 38.3 Å². The standard InChI is InChI=1S/C15H18F3N5O/c1-11-20-21-14(24-11)10-22-5-2-6-23(8-7-22)13-4-3-12(9-19-13)15(16,17)18/h3-4,9H,2,5-8,10H2,1H3. The molecular formula is C15H18F3N5O. The highest BCUT2D eigenvalue weighted by Crippen LogP contribution is 2.29. The number of aromatic nitrogens is 3. The lowest BCUT2D eigenvalue weighted by Gasteiger charge is -2.22. The Kier molecular flexibility index (Phi) is 4.70. The third-order valence-electron chi connectivity index (χ3n) is 3.91. The molecule has 2 aromatic heterocycles. The van der Waals surface area contributed by atoms with Crippen molar-refractivity contribution in [3.8, 4) is 0 Å². The Labute approximate surface area is 137 Å². The van der Waals surface area contributed by atoms with Crippen LogP contribution in [0.25, 0.3) is 0 Å². The van der Waals surface area contributed by atoms with Gasteiger partial charge in [0, 0.05) is 39.3 Å². The van der Waals surface area contributed by atoms with E-state index in [-0.39, 0.29) is 0 Å². The number of nitrogens with zero attached hydrogens (tertiary/aromatic N) is 5. The summed E-state index contributed by atoms with van der Waals surface area (Å²) in [5.41, 5.74) is -0.727. The second-order valence-corrected chi connectivity index (χ2v) is 5.73. The van der Waals surface area contributed by atoms with Gasteiger partial charge in [-0.15, -0.1) is 10.2 Å². The summed E-state index contributed by atoms with van der Waals surface area (Å²) in [6, 6.07) is 2.51. The van der Waals surface area contributed by atoms with Gasteiger partial charge >= 0.3 is 6.18 Å². The molecule has 1 aliphatic rings. The average molecular weight is 341 g/mol. The van der Waals surface area contributed by atoms with E-state index in [4.69, 9.17) is 4.42 Å². The first-order valence-electron chi connectivity index (χ1n) is 7.71. The van der Waals surface area contributed by atoms with Crippen LogP contribution < -0.4 is 4.90 Å². The normalized spacial score (nSPS) is 17.1. The lowest BCUT2D eigenvalue weighted by molar-refractivity contribution is -0.137. The van der Waals surface area contributed by atoms with Crippen molar-refractivity contribution in [1.82, 2.24) is 20.1 Å². The van der Waals surface area contributed by atoms with Crippen molar-refractivity contribution in [1.29, 1.82) is 0 Å². The molecule has 9 heteroatoms. The summed E-state index contributed by atoms with van der Waals surface area (Å²) in [7, 11) is 0. The molecule has 0 spiro atoms. The topological polar surface area (TPSA) is 58.3 Å². The van der Waals surface area contributed by atoms with Crippen LogP contribution in [0.5, 0.6) is 0 Å². The van der Waals surface area contributed by atoms with Gasteiger partial charge in [-0.05, 0) is 18.6 Å². The van der Waals surface area contributed by atoms with Crippen molar-refractivity contribution in [2.75, 3.05) is 31.1 Å². The summed E-state index contributed by atoms with van der Waals surface area (Å²) < 4.78 is 43.2. The fourth-order valence-electron chi connectivity index (χ4n) is 2.69. The summed E-state index contributed by atoms with van der Waals surface area (Å²) in [6.45, 7) is 5.37. The summed E-state index contributed by atoms with van der Waals surface area (Å²) in [5, 5.41) is 7.80. The molecule has 0 radical (unpaired) electrons. The molecule has 0 N–H and O–H groups in total. The zero-order valence-electron chi connectivity index (χ0n) is 13.3. The average Bonchev–Trinajstić information content (AvgIpc) is 2.80. The largest absolute Gasteiger partial charge is 0.424 e. The van der Waals surface area contributed by atoms with Gasteiger partial charge < -0.3 is 9.32 Å². The zero-order chi connectivity index (χ0) is 17.2. The molecule has 6 nitrogen and oxygen atoms in total. The molecule has 1 fully saturated rings. The van der Waals surface area contributed by atoms with Crippen LogP contribution in [0.1, 0.15) is 23.8 Å². The van der Waals surface area contributed by atoms with Crippen LogP contribution in [0.3, 0.4) is 0 Å². The molecule has 0 amide bonds. The van der Waals surface area contributed by atoms with Crippen LogP contribution in [-0.2, 0) is 12.7 Å². The van der Waals surface area contributed by atoms with Crippen molar-refractivity contribution in [2.24, 2.45) is 0 Å². The maximum absolute atomic E-state index is 12.6. The van der Waals surface area contributed by atoms with E-state index in [9.17, 15) is 13.2 Å². The molecule has 130 valence electrons. The highest BCUT2D eigenvalue weighted by Gasteiger charge is 2.31. The maximum Gasteiger partial charge on any atom is 0.417 e. The number of aryl methyl sites for hydroxylation is 1. The molecular weight excluding hydrogens is 323 g/mol. The first-order chi connectivity index (χ1) is 11.4. The molecule has 1 saturated heterocycles. The molecule has 0 unspecified atom stereocenters. The number of rotatable bonds is 3. The molecule has 0 bridgehead atoms. The van der Waals surface area contributed by atoms with Crippen molar-refractivity contribution >= 4 is 5.82 Å². The maximum atomic E-state index is 12.6. The predicted octanol–water partition coefficient (Wildman–Crippen LogP) is 2.50. The van der Waals surface area contributed by atoms with E-state index in [1.807, 2.05) is 4.90 Å². The first kappa shape index (κ1) is 16.7. The third-order valence-corrected chi connectivity index (χ3v) is 3.91. The first-order valence-corrected chi connectivity index (χ1v) is 7.71. The third kappa shape index (κ3) is 4.02. The van der Waals surface area contributed by atoms with Gasteiger partial charge in [0.05, 0.1) is 12.1 Å². The highest BCUT2D eigenvalue weighted by atomic mass is 19.4. The van der Waals surface area contributed by atoms with Gasteiger partial charge in [0.15, 0.2) is 0 Å². The van der Waals surface area contributed by atoms with E-state index >= 15 is 0 Å². The number of hydrogen-bond donors (Lipinski definition) is 0. The lowest BCUT2D eigenvalue weighted by Crippen LogP contribution is -2.31. The Hall–Kier alpha value is -2.16. The monoisotopic (exact) mass is 341 g/mol. The van der Waals surface area contributed by atoms with Gasteiger partial charge in [0.2, 0.25) is 11.8 Å². The number of pyridine rings is 1. The van der Waals surface area contributed by atoms with Crippen molar-refractivity contribution < 1.29 is 17.6 Å². The zero-order valence-corrected chi connectivity index (χ0v) is 13.3. The van der Waals surface area contributed by atoms with Crippen molar-refractivity contribution in [2.45, 2.75) is 26.1 Å². The second kappa shape index (κ2) is 6.76. The molecule has 24 heavy (non-hydrogen) atoms. The minimum absolute atomic E-state index is 0.537. The molecule has 2 aromatic rings. The Bertz CT molecular complexity index is 670. The van der Waals surface area contributed by atoms with E-state index in [2.05, 4.69) is 20.1 Å². The van der Waals surface area contributed by atoms with Gasteiger partial charge in [0.1, 0.15) is 5.82 Å². The number of alkyl halides is 3. The predicted molar refractivity (Wildman–Crippen MR) is 80.4 cm³/mol. The Morgan fingerprint density at radius 1 is 1.12 bits per heavy atom. The van der Waals surface area contributed by atoms with Crippen LogP contribution >= 0.6 is 0 Å². The molecule has 0 atom stereocenters. The SMILES string of the molecule is Cc1nnc(CN2CCCN(c3ccc(C(F)(F)F)cn3)CC2)o1. The number of anilines is 1. The summed E-state index contributed by atoms with van der Waals surface area (Å²) in [5.74, 6) is 1.68. The number of hydrogen-bond acceptors (Lipinski definition) is 6. The van der Waals surface area contributed by atoms with E-state index in [1.165, 1.54) is 6.07 Å². The minimum atomic E-state index is -4.36. The van der Waals surface area contributed by atoms with Crippen LogP contribution in [0.2, 0.25) is 0 Å². The Morgan fingerprint density at radius 2 is 1.96 bits per heavy atom. The molecule has 3 heterocycles. The van der Waals surface area contributed by atoms with Gasteiger partial charge in [-0.3, -0.25) is 4.90 Å². The Morgan fingerprint density at radius 3 is 2.58 bits per heavy atom. The quantitative estimate of drug-likeness (QED) is 0.855. The van der Waals surface area contributed by atoms with E-state index in [1.54, 1.807) is 6.92 Å². The second-order valence-electron chi connectivity index (χ2n) is 5.73. The van der Waals surface area contributed by atoms with Crippen molar-refractivity contribution in [3.05, 3.63) is 35.7 Å². The van der Waals surface area contributed by atoms with Crippen molar-refractivity contribution in [3.63, 3.8) is 0 Å².